The van der Waals surface area contributed by atoms with E-state index in [9.17, 15) is 0 Å². The molecule has 1 aromatic carbocycles. The van der Waals surface area contributed by atoms with E-state index in [-0.39, 0.29) is 0 Å². The number of thioether (sulfide) groups is 1. The quantitative estimate of drug-likeness (QED) is 0.873. The molecule has 0 bridgehead atoms. The number of ether oxygens (including phenoxy) is 2. The van der Waals surface area contributed by atoms with Crippen molar-refractivity contribution < 1.29 is 9.47 Å². The molecule has 1 aliphatic rings. The number of hydrogen-bond acceptors (Lipinski definition) is 4. The van der Waals surface area contributed by atoms with Gasteiger partial charge < -0.3 is 14.8 Å². The van der Waals surface area contributed by atoms with Crippen LogP contribution in [0.25, 0.3) is 0 Å². The van der Waals surface area contributed by atoms with Gasteiger partial charge in [-0.15, -0.1) is 0 Å². The van der Waals surface area contributed by atoms with Gasteiger partial charge in [0.25, 0.3) is 0 Å². The SMILES string of the molecule is COc1cc(CNCC2CCCS2)cc(Cl)c1OC. The van der Waals surface area contributed by atoms with Crippen molar-refractivity contribution >= 4 is 23.4 Å². The van der Waals surface area contributed by atoms with Crippen LogP contribution in [0.4, 0.5) is 0 Å². The molecule has 1 aliphatic heterocycles. The summed E-state index contributed by atoms with van der Waals surface area (Å²) in [4.78, 5) is 0. The lowest BCUT2D eigenvalue weighted by Crippen LogP contribution is -2.22. The molecule has 0 saturated carbocycles. The van der Waals surface area contributed by atoms with Crippen LogP contribution in [-0.4, -0.2) is 31.8 Å². The molecule has 0 spiro atoms. The summed E-state index contributed by atoms with van der Waals surface area (Å²) in [7, 11) is 3.22. The molecule has 1 N–H and O–H groups in total. The van der Waals surface area contributed by atoms with E-state index >= 15 is 0 Å². The number of methoxy groups -OCH3 is 2. The molecule has 0 aliphatic carbocycles. The summed E-state index contributed by atoms with van der Waals surface area (Å²) in [6.07, 6.45) is 2.67. The Labute approximate surface area is 124 Å². The van der Waals surface area contributed by atoms with Gasteiger partial charge in [-0.25, -0.2) is 0 Å². The summed E-state index contributed by atoms with van der Waals surface area (Å²) < 4.78 is 10.5. The van der Waals surface area contributed by atoms with Crippen LogP contribution in [0, 0.1) is 0 Å². The predicted molar refractivity (Wildman–Crippen MR) is 81.7 cm³/mol. The van der Waals surface area contributed by atoms with Crippen molar-refractivity contribution in [2.24, 2.45) is 0 Å². The van der Waals surface area contributed by atoms with Gasteiger partial charge in [0.2, 0.25) is 0 Å². The fourth-order valence-corrected chi connectivity index (χ4v) is 3.80. The van der Waals surface area contributed by atoms with E-state index < -0.39 is 0 Å². The molecule has 1 atom stereocenters. The number of rotatable bonds is 6. The Kier molecular flexibility index (Phi) is 5.67. The van der Waals surface area contributed by atoms with E-state index in [0.717, 1.165) is 23.9 Å². The third-order valence-corrected chi connectivity index (χ3v) is 4.90. The highest BCUT2D eigenvalue weighted by molar-refractivity contribution is 8.00. The third kappa shape index (κ3) is 3.94. The summed E-state index contributed by atoms with van der Waals surface area (Å²) in [6, 6.07) is 3.90. The fourth-order valence-electron chi connectivity index (χ4n) is 2.26. The molecule has 1 unspecified atom stereocenters. The topological polar surface area (TPSA) is 30.5 Å². The molecule has 0 amide bonds. The third-order valence-electron chi connectivity index (χ3n) is 3.22. The standard InChI is InChI=1S/C14H20ClNO2S/c1-17-13-7-10(6-12(15)14(13)18-2)8-16-9-11-4-3-5-19-11/h6-7,11,16H,3-5,8-9H2,1-2H3. The molecular weight excluding hydrogens is 282 g/mol. The first-order chi connectivity index (χ1) is 9.24. The molecular formula is C14H20ClNO2S. The molecule has 1 heterocycles. The van der Waals surface area contributed by atoms with Crippen LogP contribution in [0.15, 0.2) is 12.1 Å². The molecule has 19 heavy (non-hydrogen) atoms. The van der Waals surface area contributed by atoms with Crippen molar-refractivity contribution in [3.63, 3.8) is 0 Å². The van der Waals surface area contributed by atoms with Gasteiger partial charge in [-0.05, 0) is 36.3 Å². The van der Waals surface area contributed by atoms with Crippen molar-refractivity contribution in [3.05, 3.63) is 22.7 Å². The van der Waals surface area contributed by atoms with Gasteiger partial charge in [0.15, 0.2) is 11.5 Å². The first-order valence-electron chi connectivity index (χ1n) is 6.47. The van der Waals surface area contributed by atoms with E-state index in [1.54, 1.807) is 14.2 Å². The van der Waals surface area contributed by atoms with E-state index in [1.807, 2.05) is 12.1 Å². The van der Waals surface area contributed by atoms with Gasteiger partial charge in [0.05, 0.1) is 19.2 Å². The minimum atomic E-state index is 0.592. The summed E-state index contributed by atoms with van der Waals surface area (Å²) in [5, 5.41) is 4.84. The molecule has 3 nitrogen and oxygen atoms in total. The maximum Gasteiger partial charge on any atom is 0.179 e. The highest BCUT2D eigenvalue weighted by Crippen LogP contribution is 2.36. The molecule has 1 aromatic rings. The number of nitrogens with one attached hydrogen (secondary N) is 1. The van der Waals surface area contributed by atoms with Crippen LogP contribution in [0.2, 0.25) is 5.02 Å². The Morgan fingerprint density at radius 2 is 2.21 bits per heavy atom. The predicted octanol–water partition coefficient (Wildman–Crippen LogP) is 3.34. The highest BCUT2D eigenvalue weighted by Gasteiger charge is 2.15. The lowest BCUT2D eigenvalue weighted by atomic mass is 10.2. The Balaban J connectivity index is 1.94. The Hall–Kier alpha value is -0.580. The van der Waals surface area contributed by atoms with Gasteiger partial charge in [-0.3, -0.25) is 0 Å². The van der Waals surface area contributed by atoms with Crippen molar-refractivity contribution in [1.82, 2.24) is 5.32 Å². The Morgan fingerprint density at radius 3 is 2.84 bits per heavy atom. The zero-order valence-corrected chi connectivity index (χ0v) is 12.9. The van der Waals surface area contributed by atoms with Crippen molar-refractivity contribution in [3.8, 4) is 11.5 Å². The maximum atomic E-state index is 6.18. The second kappa shape index (κ2) is 7.27. The van der Waals surface area contributed by atoms with Crippen LogP contribution in [0.5, 0.6) is 11.5 Å². The lowest BCUT2D eigenvalue weighted by molar-refractivity contribution is 0.354. The summed E-state index contributed by atoms with van der Waals surface area (Å²) in [6.45, 7) is 1.85. The van der Waals surface area contributed by atoms with Crippen LogP contribution < -0.4 is 14.8 Å². The van der Waals surface area contributed by atoms with Gasteiger partial charge in [0, 0.05) is 18.3 Å². The van der Waals surface area contributed by atoms with Gasteiger partial charge in [-0.2, -0.15) is 11.8 Å². The van der Waals surface area contributed by atoms with Crippen molar-refractivity contribution in [2.75, 3.05) is 26.5 Å². The second-order valence-electron chi connectivity index (χ2n) is 4.58. The van der Waals surface area contributed by atoms with E-state index in [2.05, 4.69) is 17.1 Å². The molecule has 1 saturated heterocycles. The van der Waals surface area contributed by atoms with Crippen LogP contribution in [0.3, 0.4) is 0 Å². The second-order valence-corrected chi connectivity index (χ2v) is 6.39. The van der Waals surface area contributed by atoms with Crippen LogP contribution in [-0.2, 0) is 6.54 Å². The lowest BCUT2D eigenvalue weighted by Gasteiger charge is -2.13. The van der Waals surface area contributed by atoms with Gasteiger partial charge in [0.1, 0.15) is 0 Å². The maximum absolute atomic E-state index is 6.18. The Morgan fingerprint density at radius 1 is 1.37 bits per heavy atom. The first kappa shape index (κ1) is 14.8. The van der Waals surface area contributed by atoms with E-state index in [1.165, 1.54) is 18.6 Å². The normalized spacial score (nSPS) is 18.6. The zero-order valence-electron chi connectivity index (χ0n) is 11.4. The molecule has 106 valence electrons. The molecule has 0 radical (unpaired) electrons. The van der Waals surface area contributed by atoms with Gasteiger partial charge >= 0.3 is 0 Å². The number of benzene rings is 1. The molecule has 5 heteroatoms. The minimum absolute atomic E-state index is 0.592. The van der Waals surface area contributed by atoms with Crippen molar-refractivity contribution in [1.29, 1.82) is 0 Å². The monoisotopic (exact) mass is 301 g/mol. The summed E-state index contributed by atoms with van der Waals surface area (Å²) in [5.74, 6) is 2.58. The minimum Gasteiger partial charge on any atom is -0.493 e. The summed E-state index contributed by atoms with van der Waals surface area (Å²) in [5.41, 5.74) is 1.12. The van der Waals surface area contributed by atoms with E-state index in [4.69, 9.17) is 21.1 Å². The van der Waals surface area contributed by atoms with Crippen LogP contribution >= 0.6 is 23.4 Å². The highest BCUT2D eigenvalue weighted by atomic mass is 35.5. The average molecular weight is 302 g/mol. The van der Waals surface area contributed by atoms with Crippen molar-refractivity contribution in [2.45, 2.75) is 24.6 Å². The summed E-state index contributed by atoms with van der Waals surface area (Å²) >= 11 is 8.24. The molecule has 0 aromatic heterocycles. The molecule has 1 fully saturated rings. The van der Waals surface area contributed by atoms with E-state index in [0.29, 0.717) is 16.5 Å². The largest absolute Gasteiger partial charge is 0.493 e. The number of halogens is 1. The van der Waals surface area contributed by atoms with Crippen LogP contribution in [0.1, 0.15) is 18.4 Å². The average Bonchev–Trinajstić information content (AvgIpc) is 2.91. The first-order valence-corrected chi connectivity index (χ1v) is 7.90. The number of hydrogen-bond donors (Lipinski definition) is 1. The Bertz CT molecular complexity index is 422. The smallest absolute Gasteiger partial charge is 0.179 e. The van der Waals surface area contributed by atoms with Gasteiger partial charge in [-0.1, -0.05) is 11.6 Å². The zero-order chi connectivity index (χ0) is 13.7. The fraction of sp³-hybridized carbons (Fsp3) is 0.571. The molecule has 2 rings (SSSR count).